The number of rotatable bonds is 0. The molecule has 0 amide bonds. The van der Waals surface area contributed by atoms with Gasteiger partial charge in [0.2, 0.25) is 0 Å². The molecular formula is C9H8MoO. The first-order chi connectivity index (χ1) is 4.97. The van der Waals surface area contributed by atoms with Crippen LogP contribution in [0.1, 0.15) is 5.56 Å². The zero-order chi connectivity index (χ0) is 6.81. The van der Waals surface area contributed by atoms with E-state index < -0.39 is 0 Å². The topological polar surface area (TPSA) is 9.23 Å². The van der Waals surface area contributed by atoms with Gasteiger partial charge >= 0.3 is 0 Å². The normalized spacial score (nSPS) is 12.7. The van der Waals surface area contributed by atoms with Crippen LogP contribution in [0.2, 0.25) is 0 Å². The van der Waals surface area contributed by atoms with Gasteiger partial charge in [0.25, 0.3) is 0 Å². The van der Waals surface area contributed by atoms with Crippen molar-refractivity contribution in [1.82, 2.24) is 0 Å². The van der Waals surface area contributed by atoms with Gasteiger partial charge in [-0.25, -0.2) is 0 Å². The number of benzene rings is 1. The second kappa shape index (κ2) is 3.73. The summed E-state index contributed by atoms with van der Waals surface area (Å²) in [6, 6.07) is 8.08. The van der Waals surface area contributed by atoms with Crippen molar-refractivity contribution in [2.24, 2.45) is 0 Å². The molecule has 1 nitrogen and oxygen atoms in total. The molecule has 0 atom stereocenters. The number of ether oxygens (including phenoxy) is 1. The van der Waals surface area contributed by atoms with Crippen LogP contribution < -0.4 is 4.74 Å². The Kier molecular flexibility index (Phi) is 2.90. The standard InChI is InChI=1S/C9H8O.Mo/c1-2-6-9-8(4-1)5-3-7-10-9;/h1-4,6-7H,5H2;. The Balaban J connectivity index is 0.000000605. The summed E-state index contributed by atoms with van der Waals surface area (Å²) in [6.07, 6.45) is 4.75. The fourth-order valence-corrected chi connectivity index (χ4v) is 1.08. The van der Waals surface area contributed by atoms with Crippen LogP contribution in [0.15, 0.2) is 36.6 Å². The molecule has 0 radical (unpaired) electrons. The SMILES string of the molecule is C1=COc2ccccc2C1.[Mo]. The fourth-order valence-electron chi connectivity index (χ4n) is 1.08. The average molecular weight is 228 g/mol. The van der Waals surface area contributed by atoms with E-state index in [2.05, 4.69) is 6.07 Å². The predicted molar refractivity (Wildman–Crippen MR) is 39.9 cm³/mol. The maximum absolute atomic E-state index is 5.24. The molecule has 0 aliphatic carbocycles. The molecule has 0 saturated carbocycles. The molecule has 0 fully saturated rings. The van der Waals surface area contributed by atoms with Gasteiger partial charge in [0.05, 0.1) is 6.26 Å². The molecule has 0 spiro atoms. The molecule has 1 aromatic rings. The molecule has 2 heteroatoms. The Morgan fingerprint density at radius 3 is 2.82 bits per heavy atom. The van der Waals surface area contributed by atoms with E-state index in [1.807, 2.05) is 24.3 Å². The van der Waals surface area contributed by atoms with Crippen LogP contribution in [-0.2, 0) is 27.5 Å². The predicted octanol–water partition coefficient (Wildman–Crippen LogP) is 2.13. The molecule has 1 heterocycles. The van der Waals surface area contributed by atoms with Crippen LogP contribution in [0, 0.1) is 0 Å². The molecule has 0 bridgehead atoms. The third kappa shape index (κ3) is 1.72. The van der Waals surface area contributed by atoms with Crippen molar-refractivity contribution in [3.63, 3.8) is 0 Å². The first-order valence-corrected chi connectivity index (χ1v) is 3.36. The summed E-state index contributed by atoms with van der Waals surface area (Å²) in [4.78, 5) is 0. The summed E-state index contributed by atoms with van der Waals surface area (Å²) >= 11 is 0. The Labute approximate surface area is 80.3 Å². The van der Waals surface area contributed by atoms with Gasteiger partial charge in [-0.15, -0.1) is 0 Å². The van der Waals surface area contributed by atoms with Gasteiger partial charge in [-0.1, -0.05) is 18.2 Å². The van der Waals surface area contributed by atoms with Crippen LogP contribution in [0.3, 0.4) is 0 Å². The number of allylic oxidation sites excluding steroid dienone is 1. The average Bonchev–Trinajstić information content (AvgIpc) is 2.05. The fraction of sp³-hybridized carbons (Fsp3) is 0.111. The smallest absolute Gasteiger partial charge is 0.130 e. The van der Waals surface area contributed by atoms with Gasteiger partial charge in [-0.05, 0) is 24.1 Å². The van der Waals surface area contributed by atoms with Crippen molar-refractivity contribution >= 4 is 0 Å². The maximum Gasteiger partial charge on any atom is 0.130 e. The first-order valence-electron chi connectivity index (χ1n) is 3.36. The molecular weight excluding hydrogens is 220 g/mol. The Hall–Kier alpha value is -0.552. The summed E-state index contributed by atoms with van der Waals surface area (Å²) < 4.78 is 5.24. The summed E-state index contributed by atoms with van der Waals surface area (Å²) in [5.41, 5.74) is 1.27. The van der Waals surface area contributed by atoms with E-state index >= 15 is 0 Å². The van der Waals surface area contributed by atoms with E-state index in [-0.39, 0.29) is 21.1 Å². The summed E-state index contributed by atoms with van der Waals surface area (Å²) in [5.74, 6) is 0.991. The van der Waals surface area contributed by atoms with Crippen LogP contribution >= 0.6 is 0 Å². The molecule has 0 unspecified atom stereocenters. The van der Waals surface area contributed by atoms with Gasteiger partial charge in [0.1, 0.15) is 5.75 Å². The summed E-state index contributed by atoms with van der Waals surface area (Å²) in [6.45, 7) is 0. The van der Waals surface area contributed by atoms with Crippen LogP contribution in [0.25, 0.3) is 0 Å². The zero-order valence-corrected chi connectivity index (χ0v) is 7.99. The second-order valence-corrected chi connectivity index (χ2v) is 2.30. The van der Waals surface area contributed by atoms with Crippen molar-refractivity contribution in [3.05, 3.63) is 42.2 Å². The summed E-state index contributed by atoms with van der Waals surface area (Å²) in [7, 11) is 0. The van der Waals surface area contributed by atoms with Gasteiger partial charge < -0.3 is 4.74 Å². The minimum Gasteiger partial charge on any atom is -0.465 e. The number of hydrogen-bond acceptors (Lipinski definition) is 1. The molecule has 0 N–H and O–H groups in total. The Morgan fingerprint density at radius 2 is 2.00 bits per heavy atom. The maximum atomic E-state index is 5.24. The molecule has 0 saturated heterocycles. The van der Waals surface area contributed by atoms with Crippen molar-refractivity contribution in [2.45, 2.75) is 6.42 Å². The molecule has 56 valence electrons. The van der Waals surface area contributed by atoms with E-state index in [1.165, 1.54) is 5.56 Å². The largest absolute Gasteiger partial charge is 0.465 e. The molecule has 1 aliphatic rings. The molecule has 0 aromatic heterocycles. The molecule has 2 rings (SSSR count). The summed E-state index contributed by atoms with van der Waals surface area (Å²) in [5, 5.41) is 0. The Morgan fingerprint density at radius 1 is 1.18 bits per heavy atom. The van der Waals surface area contributed by atoms with E-state index in [1.54, 1.807) is 6.26 Å². The van der Waals surface area contributed by atoms with Gasteiger partial charge in [-0.3, -0.25) is 0 Å². The van der Waals surface area contributed by atoms with Gasteiger partial charge in [-0.2, -0.15) is 0 Å². The second-order valence-electron chi connectivity index (χ2n) is 2.30. The van der Waals surface area contributed by atoms with E-state index in [0.717, 1.165) is 12.2 Å². The van der Waals surface area contributed by atoms with E-state index in [0.29, 0.717) is 0 Å². The number of para-hydroxylation sites is 1. The quantitative estimate of drug-likeness (QED) is 0.618. The first kappa shape index (κ1) is 8.54. The van der Waals surface area contributed by atoms with Crippen LogP contribution in [0.4, 0.5) is 0 Å². The molecule has 1 aliphatic heterocycles. The molecule has 1 aromatic carbocycles. The third-order valence-electron chi connectivity index (χ3n) is 1.60. The number of hydrogen-bond donors (Lipinski definition) is 0. The Bertz CT molecular complexity index is 241. The molecule has 11 heavy (non-hydrogen) atoms. The van der Waals surface area contributed by atoms with Gasteiger partial charge in [0, 0.05) is 21.1 Å². The van der Waals surface area contributed by atoms with Gasteiger partial charge in [0.15, 0.2) is 0 Å². The zero-order valence-electron chi connectivity index (χ0n) is 5.99. The van der Waals surface area contributed by atoms with Crippen molar-refractivity contribution < 1.29 is 25.8 Å². The van der Waals surface area contributed by atoms with Crippen molar-refractivity contribution in [3.8, 4) is 5.75 Å². The van der Waals surface area contributed by atoms with Crippen LogP contribution in [-0.4, -0.2) is 0 Å². The van der Waals surface area contributed by atoms with Crippen LogP contribution in [0.5, 0.6) is 5.75 Å². The minimum atomic E-state index is 0. The third-order valence-corrected chi connectivity index (χ3v) is 1.60. The van der Waals surface area contributed by atoms with Crippen molar-refractivity contribution in [1.29, 1.82) is 0 Å². The van der Waals surface area contributed by atoms with Crippen molar-refractivity contribution in [2.75, 3.05) is 0 Å². The van der Waals surface area contributed by atoms with E-state index in [9.17, 15) is 0 Å². The number of fused-ring (bicyclic) bond motifs is 1. The van der Waals surface area contributed by atoms with E-state index in [4.69, 9.17) is 4.74 Å². The minimum absolute atomic E-state index is 0. The monoisotopic (exact) mass is 230 g/mol.